The van der Waals surface area contributed by atoms with Gasteiger partial charge in [0.25, 0.3) is 0 Å². The van der Waals surface area contributed by atoms with Gasteiger partial charge in [0.05, 0.1) is 6.10 Å². The Bertz CT molecular complexity index is 150. The van der Waals surface area contributed by atoms with Crippen LogP contribution in [0, 0.1) is 0 Å². The number of aliphatic hydroxyl groups is 1. The SMILES string of the molecule is C/C=C(\C=C/CF)C(O)CC. The summed E-state index contributed by atoms with van der Waals surface area (Å²) in [7, 11) is 0. The lowest BCUT2D eigenvalue weighted by atomic mass is 10.1. The molecule has 0 fully saturated rings. The van der Waals surface area contributed by atoms with Gasteiger partial charge < -0.3 is 5.11 Å². The third-order valence-corrected chi connectivity index (χ3v) is 1.50. The zero-order valence-electron chi connectivity index (χ0n) is 7.05. The molecular weight excluding hydrogens is 143 g/mol. The molecule has 2 heteroatoms. The van der Waals surface area contributed by atoms with E-state index in [4.69, 9.17) is 0 Å². The zero-order valence-corrected chi connectivity index (χ0v) is 7.05. The van der Waals surface area contributed by atoms with Crippen molar-refractivity contribution < 1.29 is 9.50 Å². The highest BCUT2D eigenvalue weighted by molar-refractivity contribution is 5.21. The van der Waals surface area contributed by atoms with Crippen LogP contribution in [0.2, 0.25) is 0 Å². The molecule has 1 N–H and O–H groups in total. The highest BCUT2D eigenvalue weighted by atomic mass is 19.1. The van der Waals surface area contributed by atoms with Crippen LogP contribution in [0.15, 0.2) is 23.8 Å². The second-order valence-electron chi connectivity index (χ2n) is 2.27. The lowest BCUT2D eigenvalue weighted by Crippen LogP contribution is -2.06. The van der Waals surface area contributed by atoms with Crippen molar-refractivity contribution in [1.29, 1.82) is 0 Å². The summed E-state index contributed by atoms with van der Waals surface area (Å²) in [5, 5.41) is 9.30. The maximum absolute atomic E-state index is 11.7. The number of rotatable bonds is 4. The van der Waals surface area contributed by atoms with Gasteiger partial charge in [0.2, 0.25) is 0 Å². The molecule has 0 aromatic carbocycles. The molecule has 0 rings (SSSR count). The summed E-state index contributed by atoms with van der Waals surface area (Å²) in [6, 6.07) is 0. The van der Waals surface area contributed by atoms with Crippen LogP contribution in [-0.4, -0.2) is 17.9 Å². The second-order valence-corrected chi connectivity index (χ2v) is 2.27. The van der Waals surface area contributed by atoms with Crippen molar-refractivity contribution in [2.75, 3.05) is 6.67 Å². The first-order chi connectivity index (χ1) is 5.26. The van der Waals surface area contributed by atoms with Crippen molar-refractivity contribution >= 4 is 0 Å². The Labute approximate surface area is 67.2 Å². The Morgan fingerprint density at radius 2 is 2.27 bits per heavy atom. The van der Waals surface area contributed by atoms with Gasteiger partial charge in [-0.2, -0.15) is 0 Å². The smallest absolute Gasteiger partial charge is 0.108 e. The van der Waals surface area contributed by atoms with E-state index in [1.54, 1.807) is 12.2 Å². The molecule has 0 aliphatic heterocycles. The van der Waals surface area contributed by atoms with Crippen LogP contribution in [0.3, 0.4) is 0 Å². The van der Waals surface area contributed by atoms with Gasteiger partial charge in [-0.15, -0.1) is 0 Å². The summed E-state index contributed by atoms with van der Waals surface area (Å²) in [4.78, 5) is 0. The molecule has 0 aromatic rings. The fourth-order valence-electron chi connectivity index (χ4n) is 0.816. The Kier molecular flexibility index (Phi) is 5.75. The predicted octanol–water partition coefficient (Wildman–Crippen LogP) is 2.23. The fraction of sp³-hybridized carbons (Fsp3) is 0.556. The highest BCUT2D eigenvalue weighted by Gasteiger charge is 2.02. The molecule has 1 unspecified atom stereocenters. The molecule has 0 saturated heterocycles. The van der Waals surface area contributed by atoms with Crippen molar-refractivity contribution in [3.05, 3.63) is 23.8 Å². The van der Waals surface area contributed by atoms with Crippen molar-refractivity contribution in [2.24, 2.45) is 0 Å². The minimum absolute atomic E-state index is 0.456. The molecule has 11 heavy (non-hydrogen) atoms. The third-order valence-electron chi connectivity index (χ3n) is 1.50. The van der Waals surface area contributed by atoms with E-state index < -0.39 is 12.8 Å². The number of hydrogen-bond donors (Lipinski definition) is 1. The van der Waals surface area contributed by atoms with Gasteiger partial charge in [-0.1, -0.05) is 25.2 Å². The second kappa shape index (κ2) is 6.10. The Hall–Kier alpha value is -0.630. The first-order valence-corrected chi connectivity index (χ1v) is 3.83. The van der Waals surface area contributed by atoms with E-state index in [1.807, 2.05) is 13.8 Å². The van der Waals surface area contributed by atoms with E-state index in [1.165, 1.54) is 6.08 Å². The molecule has 0 spiro atoms. The van der Waals surface area contributed by atoms with Crippen molar-refractivity contribution in [3.63, 3.8) is 0 Å². The van der Waals surface area contributed by atoms with Crippen LogP contribution in [0.4, 0.5) is 4.39 Å². The molecule has 0 radical (unpaired) electrons. The molecule has 1 nitrogen and oxygen atoms in total. The molecule has 0 bridgehead atoms. The maximum atomic E-state index is 11.7. The van der Waals surface area contributed by atoms with Crippen molar-refractivity contribution in [3.8, 4) is 0 Å². The van der Waals surface area contributed by atoms with Gasteiger partial charge in [-0.25, -0.2) is 4.39 Å². The molecule has 0 aliphatic rings. The molecule has 0 aromatic heterocycles. The normalized spacial score (nSPS) is 15.8. The third kappa shape index (κ3) is 3.94. The van der Waals surface area contributed by atoms with Crippen LogP contribution in [-0.2, 0) is 0 Å². The summed E-state index contributed by atoms with van der Waals surface area (Å²) >= 11 is 0. The van der Waals surface area contributed by atoms with Crippen LogP contribution in [0.5, 0.6) is 0 Å². The lowest BCUT2D eigenvalue weighted by Gasteiger charge is -2.07. The first-order valence-electron chi connectivity index (χ1n) is 3.83. The maximum Gasteiger partial charge on any atom is 0.108 e. The minimum Gasteiger partial charge on any atom is -0.388 e. The Morgan fingerprint density at radius 1 is 1.64 bits per heavy atom. The molecule has 64 valence electrons. The van der Waals surface area contributed by atoms with E-state index in [-0.39, 0.29) is 0 Å². The fourth-order valence-corrected chi connectivity index (χ4v) is 0.816. The number of halogens is 1. The summed E-state index contributed by atoms with van der Waals surface area (Å²) in [5.41, 5.74) is 0.783. The van der Waals surface area contributed by atoms with Gasteiger partial charge in [0, 0.05) is 0 Å². The number of aliphatic hydroxyl groups excluding tert-OH is 1. The molecule has 0 amide bonds. The van der Waals surface area contributed by atoms with E-state index in [2.05, 4.69) is 0 Å². The average Bonchev–Trinajstić information content (AvgIpc) is 2.05. The van der Waals surface area contributed by atoms with Crippen LogP contribution in [0.1, 0.15) is 20.3 Å². The standard InChI is InChI=1S/C9H15FO/c1-3-8(6-5-7-10)9(11)4-2/h3,5-6,9,11H,4,7H2,1-2H3/b6-5-,8-3+. The number of hydrogen-bond acceptors (Lipinski definition) is 1. The quantitative estimate of drug-likeness (QED) is 0.622. The molecule has 1 atom stereocenters. The van der Waals surface area contributed by atoms with Gasteiger partial charge in [0.15, 0.2) is 0 Å². The molecule has 0 heterocycles. The zero-order chi connectivity index (χ0) is 8.69. The van der Waals surface area contributed by atoms with E-state index in [0.717, 1.165) is 5.57 Å². The van der Waals surface area contributed by atoms with E-state index in [9.17, 15) is 9.50 Å². The van der Waals surface area contributed by atoms with E-state index in [0.29, 0.717) is 6.42 Å². The summed E-state index contributed by atoms with van der Waals surface area (Å²) in [6.07, 6.45) is 5.02. The summed E-state index contributed by atoms with van der Waals surface area (Å²) in [5.74, 6) is 0. The highest BCUT2D eigenvalue weighted by Crippen LogP contribution is 2.07. The molecule has 0 saturated carbocycles. The van der Waals surface area contributed by atoms with Crippen LogP contribution in [0.25, 0.3) is 0 Å². The number of allylic oxidation sites excluding steroid dienone is 2. The van der Waals surface area contributed by atoms with Gasteiger partial charge >= 0.3 is 0 Å². The van der Waals surface area contributed by atoms with Crippen molar-refractivity contribution in [1.82, 2.24) is 0 Å². The van der Waals surface area contributed by atoms with Crippen LogP contribution >= 0.6 is 0 Å². The Morgan fingerprint density at radius 3 is 2.64 bits per heavy atom. The largest absolute Gasteiger partial charge is 0.388 e. The minimum atomic E-state index is -0.478. The summed E-state index contributed by atoms with van der Waals surface area (Å²) < 4.78 is 11.7. The first kappa shape index (κ1) is 10.4. The average molecular weight is 158 g/mol. The van der Waals surface area contributed by atoms with Gasteiger partial charge in [-0.05, 0) is 18.9 Å². The van der Waals surface area contributed by atoms with E-state index >= 15 is 0 Å². The molecule has 0 aliphatic carbocycles. The topological polar surface area (TPSA) is 20.2 Å². The summed E-state index contributed by atoms with van der Waals surface area (Å²) in [6.45, 7) is 3.24. The predicted molar refractivity (Wildman–Crippen MR) is 45.2 cm³/mol. The molecular formula is C9H15FO. The Balaban J connectivity index is 4.07. The lowest BCUT2D eigenvalue weighted by molar-refractivity contribution is 0.210. The van der Waals surface area contributed by atoms with Gasteiger partial charge in [0.1, 0.15) is 6.67 Å². The van der Waals surface area contributed by atoms with Gasteiger partial charge in [-0.3, -0.25) is 0 Å². The van der Waals surface area contributed by atoms with Crippen LogP contribution < -0.4 is 0 Å². The van der Waals surface area contributed by atoms with Crippen molar-refractivity contribution in [2.45, 2.75) is 26.4 Å². The monoisotopic (exact) mass is 158 g/mol. The number of alkyl halides is 1.